The summed E-state index contributed by atoms with van der Waals surface area (Å²) in [5.41, 5.74) is 3.00. The number of anilines is 1. The van der Waals surface area contributed by atoms with E-state index >= 15 is 0 Å². The lowest BCUT2D eigenvalue weighted by molar-refractivity contribution is 0.253. The normalized spacial score (nSPS) is 10.8. The van der Waals surface area contributed by atoms with Gasteiger partial charge in [0.15, 0.2) is 11.5 Å². The standard InChI is InChI=1S/C20H20N6O2/c1-14(9-10-21-2)12-22-20(27)24-18-13-26-19(23-18)8-7-17(25-26)15-5-4-6-16(11-15)28-3/h4-11,13H,1-2,12H2,3H3,(H2,22,24,27)/b10-9-. The Labute approximate surface area is 162 Å². The first-order valence-electron chi connectivity index (χ1n) is 8.45. The van der Waals surface area contributed by atoms with Crippen LogP contribution in [0.2, 0.25) is 0 Å². The molecule has 0 radical (unpaired) electrons. The molecule has 8 nitrogen and oxygen atoms in total. The summed E-state index contributed by atoms with van der Waals surface area (Å²) >= 11 is 0. The van der Waals surface area contributed by atoms with Gasteiger partial charge in [-0.3, -0.25) is 10.3 Å². The van der Waals surface area contributed by atoms with Crippen molar-refractivity contribution in [1.29, 1.82) is 0 Å². The Morgan fingerprint density at radius 2 is 2.21 bits per heavy atom. The smallest absolute Gasteiger partial charge is 0.320 e. The van der Waals surface area contributed by atoms with Crippen molar-refractivity contribution >= 4 is 24.2 Å². The lowest BCUT2D eigenvalue weighted by Crippen LogP contribution is -2.30. The molecule has 2 amide bonds. The summed E-state index contributed by atoms with van der Waals surface area (Å²) in [6.45, 7) is 7.42. The zero-order chi connectivity index (χ0) is 19.9. The van der Waals surface area contributed by atoms with Crippen LogP contribution in [0.3, 0.4) is 0 Å². The highest BCUT2D eigenvalue weighted by Crippen LogP contribution is 2.22. The molecule has 0 saturated heterocycles. The van der Waals surface area contributed by atoms with Gasteiger partial charge in [0.1, 0.15) is 5.75 Å². The second-order valence-corrected chi connectivity index (χ2v) is 5.84. The zero-order valence-corrected chi connectivity index (χ0v) is 15.4. The Morgan fingerprint density at radius 3 is 3.00 bits per heavy atom. The van der Waals surface area contributed by atoms with E-state index in [1.165, 1.54) is 6.20 Å². The minimum Gasteiger partial charge on any atom is -0.497 e. The van der Waals surface area contributed by atoms with Crippen LogP contribution < -0.4 is 15.4 Å². The Bertz CT molecular complexity index is 1050. The molecule has 0 bridgehead atoms. The minimum atomic E-state index is -0.391. The maximum atomic E-state index is 12.0. The number of hydrogen-bond acceptors (Lipinski definition) is 5. The predicted octanol–water partition coefficient (Wildman–Crippen LogP) is 3.30. The van der Waals surface area contributed by atoms with E-state index in [4.69, 9.17) is 4.74 Å². The fourth-order valence-corrected chi connectivity index (χ4v) is 2.45. The van der Waals surface area contributed by atoms with Crippen molar-refractivity contribution in [2.24, 2.45) is 4.99 Å². The lowest BCUT2D eigenvalue weighted by Gasteiger charge is -2.04. The summed E-state index contributed by atoms with van der Waals surface area (Å²) in [4.78, 5) is 19.9. The van der Waals surface area contributed by atoms with Crippen molar-refractivity contribution in [3.05, 3.63) is 67.0 Å². The third kappa shape index (κ3) is 4.61. The van der Waals surface area contributed by atoms with Gasteiger partial charge in [0.05, 0.1) is 19.0 Å². The van der Waals surface area contributed by atoms with Crippen LogP contribution in [0.25, 0.3) is 16.9 Å². The van der Waals surface area contributed by atoms with Crippen LogP contribution in [0.4, 0.5) is 10.6 Å². The summed E-state index contributed by atoms with van der Waals surface area (Å²) in [6, 6.07) is 10.9. The SMILES string of the molecule is C=N/C=C\C(=C)CNC(=O)Nc1cn2nc(-c3cccc(OC)c3)ccc2n1. The maximum absolute atomic E-state index is 12.0. The molecule has 0 aliphatic heterocycles. The molecule has 0 spiro atoms. The van der Waals surface area contributed by atoms with Gasteiger partial charge in [0, 0.05) is 18.3 Å². The number of hydrogen-bond donors (Lipinski definition) is 2. The number of ether oxygens (including phenoxy) is 1. The highest BCUT2D eigenvalue weighted by Gasteiger charge is 2.08. The molecule has 28 heavy (non-hydrogen) atoms. The molecule has 2 aromatic heterocycles. The second-order valence-electron chi connectivity index (χ2n) is 5.84. The van der Waals surface area contributed by atoms with E-state index in [2.05, 4.69) is 39.0 Å². The molecule has 3 aromatic rings. The number of aromatic nitrogens is 3. The van der Waals surface area contributed by atoms with Crippen LogP contribution >= 0.6 is 0 Å². The van der Waals surface area contributed by atoms with E-state index in [0.717, 1.165) is 17.0 Å². The Morgan fingerprint density at radius 1 is 1.36 bits per heavy atom. The quantitative estimate of drug-likeness (QED) is 0.489. The van der Waals surface area contributed by atoms with Gasteiger partial charge < -0.3 is 10.1 Å². The number of aliphatic imine (C=N–C) groups is 1. The molecule has 8 heteroatoms. The van der Waals surface area contributed by atoms with Crippen LogP contribution in [0.15, 0.2) is 72.0 Å². The maximum Gasteiger partial charge on any atom is 0.320 e. The number of nitrogens with one attached hydrogen (secondary N) is 2. The second kappa shape index (κ2) is 8.63. The van der Waals surface area contributed by atoms with Gasteiger partial charge in [0.2, 0.25) is 0 Å². The van der Waals surface area contributed by atoms with Crippen LogP contribution in [-0.4, -0.2) is 41.0 Å². The Balaban J connectivity index is 1.70. The van der Waals surface area contributed by atoms with Crippen LogP contribution in [-0.2, 0) is 0 Å². The van der Waals surface area contributed by atoms with Gasteiger partial charge >= 0.3 is 6.03 Å². The first-order valence-corrected chi connectivity index (χ1v) is 8.45. The molecular formula is C20H20N6O2. The number of urea groups is 1. The molecule has 0 aliphatic rings. The average molecular weight is 376 g/mol. The topological polar surface area (TPSA) is 92.9 Å². The molecule has 3 rings (SSSR count). The number of benzene rings is 1. The van der Waals surface area contributed by atoms with Crippen molar-refractivity contribution < 1.29 is 9.53 Å². The number of amides is 2. The first-order chi connectivity index (χ1) is 13.6. The molecule has 0 aliphatic carbocycles. The minimum absolute atomic E-state index is 0.281. The fourth-order valence-electron chi connectivity index (χ4n) is 2.45. The average Bonchev–Trinajstić information content (AvgIpc) is 3.12. The summed E-state index contributed by atoms with van der Waals surface area (Å²) < 4.78 is 6.87. The number of methoxy groups -OCH3 is 1. The highest BCUT2D eigenvalue weighted by atomic mass is 16.5. The van der Waals surface area contributed by atoms with Crippen molar-refractivity contribution in [3.8, 4) is 17.0 Å². The summed E-state index contributed by atoms with van der Waals surface area (Å²) in [7, 11) is 1.62. The summed E-state index contributed by atoms with van der Waals surface area (Å²) in [5.74, 6) is 1.14. The molecule has 0 atom stereocenters. The van der Waals surface area contributed by atoms with E-state index in [0.29, 0.717) is 17.0 Å². The Hall–Kier alpha value is -3.94. The monoisotopic (exact) mass is 376 g/mol. The third-order valence-electron chi connectivity index (χ3n) is 3.82. The number of carbonyl (C=O) groups is 1. The van der Waals surface area contributed by atoms with Crippen molar-refractivity contribution in [3.63, 3.8) is 0 Å². The highest BCUT2D eigenvalue weighted by molar-refractivity contribution is 5.88. The van der Waals surface area contributed by atoms with Crippen LogP contribution in [0.1, 0.15) is 0 Å². The van der Waals surface area contributed by atoms with E-state index in [1.54, 1.807) is 23.9 Å². The third-order valence-corrected chi connectivity index (χ3v) is 3.82. The first kappa shape index (κ1) is 18.8. The summed E-state index contributed by atoms with van der Waals surface area (Å²) in [6.07, 6.45) is 4.83. The number of imidazole rings is 1. The number of carbonyl (C=O) groups excluding carboxylic acids is 1. The van der Waals surface area contributed by atoms with Gasteiger partial charge in [-0.25, -0.2) is 14.3 Å². The molecule has 0 unspecified atom stereocenters. The van der Waals surface area contributed by atoms with Crippen molar-refractivity contribution in [2.45, 2.75) is 0 Å². The molecule has 142 valence electrons. The van der Waals surface area contributed by atoms with Crippen LogP contribution in [0.5, 0.6) is 5.75 Å². The van der Waals surface area contributed by atoms with Crippen molar-refractivity contribution in [1.82, 2.24) is 19.9 Å². The molecule has 0 saturated carbocycles. The Kier molecular flexibility index (Phi) is 5.81. The van der Waals surface area contributed by atoms with E-state index in [9.17, 15) is 4.79 Å². The van der Waals surface area contributed by atoms with Crippen molar-refractivity contribution in [2.75, 3.05) is 19.0 Å². The fraction of sp³-hybridized carbons (Fsp3) is 0.100. The van der Waals surface area contributed by atoms with Crippen LogP contribution in [0, 0.1) is 0 Å². The molecule has 0 fully saturated rings. The number of nitrogens with zero attached hydrogens (tertiary/aromatic N) is 4. The molecular weight excluding hydrogens is 356 g/mol. The zero-order valence-electron chi connectivity index (χ0n) is 15.4. The number of fused-ring (bicyclic) bond motifs is 1. The molecule has 1 aromatic carbocycles. The number of rotatable bonds is 7. The van der Waals surface area contributed by atoms with Gasteiger partial charge in [0.25, 0.3) is 0 Å². The van der Waals surface area contributed by atoms with Gasteiger partial charge in [-0.2, -0.15) is 5.10 Å². The van der Waals surface area contributed by atoms with Gasteiger partial charge in [-0.1, -0.05) is 18.7 Å². The van der Waals surface area contributed by atoms with Gasteiger partial charge in [-0.05, 0) is 42.6 Å². The van der Waals surface area contributed by atoms with E-state index in [1.807, 2.05) is 36.4 Å². The van der Waals surface area contributed by atoms with E-state index in [-0.39, 0.29) is 6.54 Å². The molecule has 2 heterocycles. The van der Waals surface area contributed by atoms with Gasteiger partial charge in [-0.15, -0.1) is 0 Å². The largest absolute Gasteiger partial charge is 0.497 e. The predicted molar refractivity (Wildman–Crippen MR) is 110 cm³/mol. The lowest BCUT2D eigenvalue weighted by atomic mass is 10.1. The van der Waals surface area contributed by atoms with E-state index < -0.39 is 6.03 Å². The molecule has 2 N–H and O–H groups in total. The summed E-state index contributed by atoms with van der Waals surface area (Å²) in [5, 5.41) is 9.91.